The van der Waals surface area contributed by atoms with Crippen LogP contribution >= 0.6 is 0 Å². The van der Waals surface area contributed by atoms with Gasteiger partial charge in [0.15, 0.2) is 5.78 Å². The van der Waals surface area contributed by atoms with Crippen molar-refractivity contribution in [3.63, 3.8) is 0 Å². The molecule has 0 N–H and O–H groups in total. The summed E-state index contributed by atoms with van der Waals surface area (Å²) in [6.45, 7) is 9.75. The van der Waals surface area contributed by atoms with Crippen LogP contribution in [0.25, 0.3) is 0 Å². The zero-order valence-electron chi connectivity index (χ0n) is 10.8. The van der Waals surface area contributed by atoms with Crippen LogP contribution in [-0.2, 0) is 14.3 Å². The molecule has 3 unspecified atom stereocenters. The van der Waals surface area contributed by atoms with Gasteiger partial charge in [0, 0.05) is 24.3 Å². The molecule has 0 amide bonds. The van der Waals surface area contributed by atoms with Gasteiger partial charge in [0.1, 0.15) is 5.60 Å². The third kappa shape index (κ3) is 1.30. The van der Waals surface area contributed by atoms with Crippen LogP contribution in [0.1, 0.15) is 39.0 Å². The molecule has 3 fully saturated rings. The molecule has 0 aromatic rings. The summed E-state index contributed by atoms with van der Waals surface area (Å²) in [5.41, 5.74) is 0.877. The maximum atomic E-state index is 11.8. The Morgan fingerprint density at radius 1 is 1.11 bits per heavy atom. The summed E-state index contributed by atoms with van der Waals surface area (Å²) in [4.78, 5) is 23.4. The van der Waals surface area contributed by atoms with Crippen LogP contribution in [0.5, 0.6) is 0 Å². The highest BCUT2D eigenvalue weighted by atomic mass is 16.6. The minimum Gasteiger partial charge on any atom is -0.455 e. The molecular formula is C15H18O3. The molecule has 3 heteroatoms. The largest absolute Gasteiger partial charge is 0.455 e. The Bertz CT molecular complexity index is 410. The third-order valence-corrected chi connectivity index (χ3v) is 5.32. The Hall–Kier alpha value is -1.38. The van der Waals surface area contributed by atoms with Gasteiger partial charge >= 0.3 is 5.97 Å². The van der Waals surface area contributed by atoms with Crippen LogP contribution in [0, 0.1) is 11.3 Å². The highest BCUT2D eigenvalue weighted by Crippen LogP contribution is 2.61. The lowest BCUT2D eigenvalue weighted by Crippen LogP contribution is -2.37. The van der Waals surface area contributed by atoms with Crippen LogP contribution in [0.4, 0.5) is 0 Å². The molecule has 1 aliphatic heterocycles. The fraction of sp³-hybridized carbons (Fsp3) is 0.600. The fourth-order valence-corrected chi connectivity index (χ4v) is 4.07. The Morgan fingerprint density at radius 2 is 1.83 bits per heavy atom. The molecule has 0 radical (unpaired) electrons. The van der Waals surface area contributed by atoms with Crippen LogP contribution < -0.4 is 0 Å². The first-order chi connectivity index (χ1) is 8.39. The van der Waals surface area contributed by atoms with Crippen molar-refractivity contribution in [2.24, 2.45) is 11.3 Å². The molecule has 1 saturated heterocycles. The molecule has 2 aliphatic carbocycles. The van der Waals surface area contributed by atoms with Crippen molar-refractivity contribution in [3.05, 3.63) is 24.3 Å². The lowest BCUT2D eigenvalue weighted by atomic mass is 9.72. The fourth-order valence-electron chi connectivity index (χ4n) is 4.07. The normalized spacial score (nSPS) is 43.5. The Morgan fingerprint density at radius 3 is 2.33 bits per heavy atom. The number of carbonyl (C=O) groups is 2. The van der Waals surface area contributed by atoms with E-state index in [2.05, 4.69) is 20.1 Å². The summed E-state index contributed by atoms with van der Waals surface area (Å²) >= 11 is 0. The van der Waals surface area contributed by atoms with Crippen LogP contribution in [0.15, 0.2) is 24.3 Å². The van der Waals surface area contributed by atoms with E-state index in [-0.39, 0.29) is 23.1 Å². The molecule has 3 aliphatic rings. The standard InChI is InChI=1S/C15H18O3/c1-9-6-14(8-12(9)16)4-5-15(11(14)3)7-10(2)13(17)18-15/h11H,1-2,4-8H2,3H3. The van der Waals surface area contributed by atoms with Gasteiger partial charge in [-0.15, -0.1) is 0 Å². The monoisotopic (exact) mass is 246 g/mol. The summed E-state index contributed by atoms with van der Waals surface area (Å²) in [7, 11) is 0. The quantitative estimate of drug-likeness (QED) is 0.487. The van der Waals surface area contributed by atoms with Crippen LogP contribution in [-0.4, -0.2) is 17.4 Å². The van der Waals surface area contributed by atoms with Crippen molar-refractivity contribution in [1.82, 2.24) is 0 Å². The lowest BCUT2D eigenvalue weighted by molar-refractivity contribution is -0.150. The van der Waals surface area contributed by atoms with E-state index in [1.165, 1.54) is 0 Å². The van der Waals surface area contributed by atoms with Gasteiger partial charge in [0.25, 0.3) is 0 Å². The number of rotatable bonds is 0. The third-order valence-electron chi connectivity index (χ3n) is 5.32. The lowest BCUT2D eigenvalue weighted by Gasteiger charge is -2.34. The number of ether oxygens (including phenoxy) is 1. The summed E-state index contributed by atoms with van der Waals surface area (Å²) in [5.74, 6) is 0.125. The molecule has 2 saturated carbocycles. The summed E-state index contributed by atoms with van der Waals surface area (Å²) in [5, 5.41) is 0. The molecule has 3 atom stereocenters. The number of allylic oxidation sites excluding steroid dienone is 1. The van der Waals surface area contributed by atoms with Crippen molar-refractivity contribution in [2.75, 3.05) is 0 Å². The summed E-state index contributed by atoms with van der Waals surface area (Å²) in [6.07, 6.45) is 3.74. The Balaban J connectivity index is 1.92. The zero-order valence-corrected chi connectivity index (χ0v) is 10.8. The highest BCUT2D eigenvalue weighted by molar-refractivity contribution is 5.98. The van der Waals surface area contributed by atoms with Crippen molar-refractivity contribution in [1.29, 1.82) is 0 Å². The maximum Gasteiger partial charge on any atom is 0.334 e. The van der Waals surface area contributed by atoms with Gasteiger partial charge in [0.05, 0.1) is 0 Å². The topological polar surface area (TPSA) is 43.4 Å². The van der Waals surface area contributed by atoms with Gasteiger partial charge in [-0.25, -0.2) is 4.79 Å². The molecule has 0 aromatic carbocycles. The average molecular weight is 246 g/mol. The van der Waals surface area contributed by atoms with Gasteiger partial charge < -0.3 is 4.74 Å². The summed E-state index contributed by atoms with van der Waals surface area (Å²) in [6, 6.07) is 0. The number of hydrogen-bond acceptors (Lipinski definition) is 3. The second-order valence-corrected chi connectivity index (χ2v) is 6.20. The minimum atomic E-state index is -0.404. The van der Waals surface area contributed by atoms with Crippen molar-refractivity contribution in [3.8, 4) is 0 Å². The predicted octanol–water partition coefficient (Wildman–Crippen LogP) is 2.56. The Labute approximate surface area is 107 Å². The van der Waals surface area contributed by atoms with Gasteiger partial charge in [-0.2, -0.15) is 0 Å². The van der Waals surface area contributed by atoms with E-state index in [9.17, 15) is 9.59 Å². The molecule has 96 valence electrons. The van der Waals surface area contributed by atoms with E-state index in [0.717, 1.165) is 24.8 Å². The van der Waals surface area contributed by atoms with Gasteiger partial charge in [-0.3, -0.25) is 4.79 Å². The molecule has 3 nitrogen and oxygen atoms in total. The average Bonchev–Trinajstić information content (AvgIpc) is 2.84. The van der Waals surface area contributed by atoms with E-state index in [1.54, 1.807) is 0 Å². The van der Waals surface area contributed by atoms with E-state index < -0.39 is 5.60 Å². The van der Waals surface area contributed by atoms with E-state index in [1.807, 2.05) is 0 Å². The first kappa shape index (κ1) is 11.7. The predicted molar refractivity (Wildman–Crippen MR) is 66.8 cm³/mol. The number of carbonyl (C=O) groups excluding carboxylic acids is 2. The molecule has 1 heterocycles. The van der Waals surface area contributed by atoms with Crippen molar-refractivity contribution in [2.45, 2.75) is 44.6 Å². The molecule has 2 spiro atoms. The van der Waals surface area contributed by atoms with E-state index >= 15 is 0 Å². The van der Waals surface area contributed by atoms with E-state index in [0.29, 0.717) is 18.4 Å². The molecule has 3 rings (SSSR count). The second-order valence-electron chi connectivity index (χ2n) is 6.20. The number of hydrogen-bond donors (Lipinski definition) is 0. The van der Waals surface area contributed by atoms with E-state index in [4.69, 9.17) is 4.74 Å². The Kier molecular flexibility index (Phi) is 2.17. The van der Waals surface area contributed by atoms with Gasteiger partial charge in [-0.1, -0.05) is 20.1 Å². The summed E-state index contributed by atoms with van der Waals surface area (Å²) < 4.78 is 5.61. The van der Waals surface area contributed by atoms with Gasteiger partial charge in [0.2, 0.25) is 0 Å². The van der Waals surface area contributed by atoms with Gasteiger partial charge in [-0.05, 0) is 30.3 Å². The smallest absolute Gasteiger partial charge is 0.334 e. The molecule has 0 bridgehead atoms. The zero-order chi connectivity index (χ0) is 13.1. The van der Waals surface area contributed by atoms with Crippen molar-refractivity contribution < 1.29 is 14.3 Å². The molecule has 0 aromatic heterocycles. The number of esters is 1. The molecule has 18 heavy (non-hydrogen) atoms. The van der Waals surface area contributed by atoms with Crippen LogP contribution in [0.2, 0.25) is 0 Å². The number of Topliss-reactive ketones (excluding diaryl/α,β-unsaturated/α-hetero) is 1. The maximum absolute atomic E-state index is 11.8. The molecular weight excluding hydrogens is 228 g/mol. The highest BCUT2D eigenvalue weighted by Gasteiger charge is 2.61. The van der Waals surface area contributed by atoms with Crippen LogP contribution in [0.3, 0.4) is 0 Å². The second kappa shape index (κ2) is 3.34. The first-order valence-electron chi connectivity index (χ1n) is 6.51. The first-order valence-corrected chi connectivity index (χ1v) is 6.51. The SMILES string of the molecule is C=C1CC2(CCC3(CC(=C)C(=O)O3)C2C)CC1=O. The number of ketones is 1. The van der Waals surface area contributed by atoms with Crippen molar-refractivity contribution >= 4 is 11.8 Å². The minimum absolute atomic E-state index is 0.0287.